The molecule has 0 aliphatic carbocycles. The molecule has 1 aromatic carbocycles. The van der Waals surface area contributed by atoms with Crippen molar-refractivity contribution in [3.8, 4) is 0 Å². The van der Waals surface area contributed by atoms with E-state index in [1.165, 1.54) is 4.90 Å². The lowest BCUT2D eigenvalue weighted by atomic mass is 10.3. The summed E-state index contributed by atoms with van der Waals surface area (Å²) in [5, 5.41) is 22.2. The van der Waals surface area contributed by atoms with Gasteiger partial charge < -0.3 is 4.90 Å². The number of nitro groups is 2. The van der Waals surface area contributed by atoms with Crippen LogP contribution in [0.2, 0.25) is 5.02 Å². The van der Waals surface area contributed by atoms with Crippen molar-refractivity contribution in [1.82, 2.24) is 0 Å². The van der Waals surface area contributed by atoms with Gasteiger partial charge in [-0.05, 0) is 35.6 Å². The number of hydrogen-bond acceptors (Lipinski definition) is 6. The zero-order chi connectivity index (χ0) is 14.9. The highest BCUT2D eigenvalue weighted by molar-refractivity contribution is 7.19. The van der Waals surface area contributed by atoms with Crippen molar-refractivity contribution in [3.63, 3.8) is 0 Å². The summed E-state index contributed by atoms with van der Waals surface area (Å²) in [6.07, 6.45) is 0. The Morgan fingerprint density at radius 2 is 1.75 bits per heavy atom. The van der Waals surface area contributed by atoms with E-state index in [4.69, 9.17) is 11.6 Å². The third-order valence-corrected chi connectivity index (χ3v) is 3.98. The third kappa shape index (κ3) is 2.70. The predicted molar refractivity (Wildman–Crippen MR) is 77.1 cm³/mol. The van der Waals surface area contributed by atoms with E-state index in [0.29, 0.717) is 10.7 Å². The van der Waals surface area contributed by atoms with Gasteiger partial charge in [0.1, 0.15) is 6.07 Å². The minimum Gasteiger partial charge on any atom is -0.331 e. The van der Waals surface area contributed by atoms with Crippen LogP contribution < -0.4 is 4.90 Å². The summed E-state index contributed by atoms with van der Waals surface area (Å²) in [6, 6.07) is 7.60. The smallest absolute Gasteiger partial charge is 0.331 e. The Morgan fingerprint density at radius 1 is 1.15 bits per heavy atom. The fourth-order valence-corrected chi connectivity index (χ4v) is 2.65. The molecule has 7 nitrogen and oxygen atoms in total. The highest BCUT2D eigenvalue weighted by Gasteiger charge is 2.27. The van der Waals surface area contributed by atoms with E-state index in [9.17, 15) is 20.2 Å². The van der Waals surface area contributed by atoms with Crippen LogP contribution in [0.5, 0.6) is 0 Å². The molecule has 0 unspecified atom stereocenters. The Hall–Kier alpha value is -2.19. The number of nitrogens with zero attached hydrogens (tertiary/aromatic N) is 3. The van der Waals surface area contributed by atoms with Crippen LogP contribution in [0.15, 0.2) is 30.3 Å². The van der Waals surface area contributed by atoms with Gasteiger partial charge in [0.15, 0.2) is 5.00 Å². The summed E-state index contributed by atoms with van der Waals surface area (Å²) in [7, 11) is 1.60. The van der Waals surface area contributed by atoms with E-state index in [2.05, 4.69) is 0 Å². The minimum absolute atomic E-state index is 0.198. The van der Waals surface area contributed by atoms with Crippen molar-refractivity contribution < 1.29 is 9.85 Å². The lowest BCUT2D eigenvalue weighted by Gasteiger charge is -2.16. The summed E-state index contributed by atoms with van der Waals surface area (Å²) in [5.74, 6) is 0. The van der Waals surface area contributed by atoms with Crippen molar-refractivity contribution in [2.24, 2.45) is 0 Å². The summed E-state index contributed by atoms with van der Waals surface area (Å²) in [4.78, 5) is 22.0. The highest BCUT2D eigenvalue weighted by atomic mass is 35.5. The molecule has 0 atom stereocenters. The van der Waals surface area contributed by atoms with E-state index < -0.39 is 9.85 Å². The number of rotatable bonds is 4. The Morgan fingerprint density at radius 3 is 2.25 bits per heavy atom. The second kappa shape index (κ2) is 5.43. The number of thiophene rings is 1. The Balaban J connectivity index is 2.47. The van der Waals surface area contributed by atoms with E-state index in [-0.39, 0.29) is 15.7 Å². The molecule has 0 aliphatic heterocycles. The lowest BCUT2D eigenvalue weighted by Crippen LogP contribution is -2.09. The Labute approximate surface area is 122 Å². The van der Waals surface area contributed by atoms with E-state index in [1.54, 1.807) is 31.3 Å². The van der Waals surface area contributed by atoms with Crippen molar-refractivity contribution >= 4 is 44.3 Å². The molecule has 1 heterocycles. The molecule has 0 spiro atoms. The first kappa shape index (κ1) is 14.2. The van der Waals surface area contributed by atoms with Crippen LogP contribution in [0.4, 0.5) is 21.4 Å². The van der Waals surface area contributed by atoms with Crippen LogP contribution in [-0.4, -0.2) is 16.9 Å². The fraction of sp³-hybridized carbons (Fsp3) is 0.0909. The molecule has 0 saturated heterocycles. The average Bonchev–Trinajstić information content (AvgIpc) is 2.84. The molecule has 0 N–H and O–H groups in total. The van der Waals surface area contributed by atoms with Crippen LogP contribution in [0.25, 0.3) is 0 Å². The monoisotopic (exact) mass is 313 g/mol. The van der Waals surface area contributed by atoms with Gasteiger partial charge >= 0.3 is 10.7 Å². The van der Waals surface area contributed by atoms with Crippen LogP contribution >= 0.6 is 22.9 Å². The summed E-state index contributed by atoms with van der Waals surface area (Å²) < 4.78 is 0. The van der Waals surface area contributed by atoms with Crippen molar-refractivity contribution in [2.45, 2.75) is 0 Å². The standard InChI is InChI=1S/C11H8ClN3O4S/c1-13(8-4-2-7(12)3-5-8)11-9(14(16)17)6-10(20-11)15(18)19/h2-6H,1H3. The van der Waals surface area contributed by atoms with Gasteiger partial charge in [0.25, 0.3) is 0 Å². The Kier molecular flexibility index (Phi) is 3.86. The van der Waals surface area contributed by atoms with Gasteiger partial charge in [-0.25, -0.2) is 0 Å². The summed E-state index contributed by atoms with van der Waals surface area (Å²) >= 11 is 6.53. The van der Waals surface area contributed by atoms with Gasteiger partial charge in [-0.15, -0.1) is 0 Å². The molecule has 2 aromatic rings. The fourth-order valence-electron chi connectivity index (χ4n) is 1.60. The molecule has 0 aliphatic rings. The van der Waals surface area contributed by atoms with E-state index in [0.717, 1.165) is 17.4 Å². The molecular formula is C11H8ClN3O4S. The quantitative estimate of drug-likeness (QED) is 0.629. The number of halogens is 1. The largest absolute Gasteiger partial charge is 0.333 e. The first-order valence-corrected chi connectivity index (χ1v) is 6.51. The summed E-state index contributed by atoms with van der Waals surface area (Å²) in [6.45, 7) is 0. The predicted octanol–water partition coefficient (Wildman–Crippen LogP) is 3.99. The number of anilines is 2. The molecular weight excluding hydrogens is 306 g/mol. The first-order valence-electron chi connectivity index (χ1n) is 5.32. The molecule has 0 saturated carbocycles. The normalized spacial score (nSPS) is 10.3. The molecule has 9 heteroatoms. The van der Waals surface area contributed by atoms with Crippen LogP contribution in [-0.2, 0) is 0 Å². The van der Waals surface area contributed by atoms with Crippen LogP contribution in [0.1, 0.15) is 0 Å². The maximum atomic E-state index is 11.0. The minimum atomic E-state index is -0.642. The SMILES string of the molecule is CN(c1ccc(Cl)cc1)c1sc([N+](=O)[O-])cc1[N+](=O)[O-]. The van der Waals surface area contributed by atoms with Crippen molar-refractivity contribution in [1.29, 1.82) is 0 Å². The molecule has 1 aromatic heterocycles. The molecule has 0 amide bonds. The Bertz CT molecular complexity index is 671. The van der Waals surface area contributed by atoms with Crippen molar-refractivity contribution in [2.75, 3.05) is 11.9 Å². The zero-order valence-corrected chi connectivity index (χ0v) is 11.7. The maximum absolute atomic E-state index is 11.0. The van der Waals surface area contributed by atoms with Crippen LogP contribution in [0, 0.1) is 20.2 Å². The maximum Gasteiger partial charge on any atom is 0.333 e. The van der Waals surface area contributed by atoms with E-state index >= 15 is 0 Å². The lowest BCUT2D eigenvalue weighted by molar-refractivity contribution is -0.389. The summed E-state index contributed by atoms with van der Waals surface area (Å²) in [5.41, 5.74) is 0.355. The molecule has 104 valence electrons. The molecule has 0 fully saturated rings. The second-order valence-corrected chi connectivity index (χ2v) is 5.27. The molecule has 0 radical (unpaired) electrons. The van der Waals surface area contributed by atoms with Gasteiger partial charge in [-0.2, -0.15) is 0 Å². The molecule has 0 bridgehead atoms. The highest BCUT2D eigenvalue weighted by Crippen LogP contribution is 2.43. The number of hydrogen-bond donors (Lipinski definition) is 0. The zero-order valence-electron chi connectivity index (χ0n) is 10.1. The van der Waals surface area contributed by atoms with Crippen LogP contribution in [0.3, 0.4) is 0 Å². The van der Waals surface area contributed by atoms with Gasteiger partial charge in [-0.1, -0.05) is 11.6 Å². The molecule has 2 rings (SSSR count). The van der Waals surface area contributed by atoms with Gasteiger partial charge in [0.2, 0.25) is 0 Å². The molecule has 20 heavy (non-hydrogen) atoms. The van der Waals surface area contributed by atoms with Gasteiger partial charge in [-0.3, -0.25) is 20.2 Å². The second-order valence-electron chi connectivity index (χ2n) is 3.82. The first-order chi connectivity index (χ1) is 9.40. The van der Waals surface area contributed by atoms with E-state index in [1.807, 2.05) is 0 Å². The topological polar surface area (TPSA) is 89.5 Å². The number of benzene rings is 1. The average molecular weight is 314 g/mol. The van der Waals surface area contributed by atoms with Gasteiger partial charge in [0, 0.05) is 17.8 Å². The van der Waals surface area contributed by atoms with Gasteiger partial charge in [0.05, 0.1) is 9.85 Å². The third-order valence-electron chi connectivity index (χ3n) is 2.58. The van der Waals surface area contributed by atoms with Crippen molar-refractivity contribution in [3.05, 3.63) is 55.6 Å².